The Morgan fingerprint density at radius 3 is 2.69 bits per heavy atom. The van der Waals surface area contributed by atoms with E-state index in [0.29, 0.717) is 5.56 Å². The van der Waals surface area contributed by atoms with Crippen LogP contribution in [0.15, 0.2) is 24.5 Å². The van der Waals surface area contributed by atoms with E-state index in [9.17, 15) is 13.6 Å². The zero-order chi connectivity index (χ0) is 11.6. The number of ether oxygens (including phenoxy) is 1. The van der Waals surface area contributed by atoms with Crippen LogP contribution in [0.4, 0.5) is 8.78 Å². The van der Waals surface area contributed by atoms with Crippen LogP contribution < -0.4 is 0 Å². The van der Waals surface area contributed by atoms with Crippen molar-refractivity contribution in [1.82, 2.24) is 4.98 Å². The van der Waals surface area contributed by atoms with E-state index < -0.39 is 17.8 Å². The van der Waals surface area contributed by atoms with Crippen molar-refractivity contribution in [2.45, 2.75) is 18.8 Å². The quantitative estimate of drug-likeness (QED) is 0.741. The first-order valence-corrected chi connectivity index (χ1v) is 5.04. The molecule has 0 bridgehead atoms. The highest BCUT2D eigenvalue weighted by atomic mass is 19.3. The summed E-state index contributed by atoms with van der Waals surface area (Å²) < 4.78 is 29.9. The van der Waals surface area contributed by atoms with Gasteiger partial charge in [0.25, 0.3) is 5.92 Å². The molecule has 0 saturated heterocycles. The third-order valence-corrected chi connectivity index (χ3v) is 2.57. The highest BCUT2D eigenvalue weighted by Crippen LogP contribution is 2.50. The van der Waals surface area contributed by atoms with E-state index in [4.69, 9.17) is 4.74 Å². The summed E-state index contributed by atoms with van der Waals surface area (Å²) >= 11 is 0. The second-order valence-corrected chi connectivity index (χ2v) is 3.82. The molecule has 0 spiro atoms. The van der Waals surface area contributed by atoms with E-state index in [-0.39, 0.29) is 19.4 Å². The maximum atomic E-state index is 12.5. The number of alkyl halides is 2. The van der Waals surface area contributed by atoms with Gasteiger partial charge < -0.3 is 4.74 Å². The summed E-state index contributed by atoms with van der Waals surface area (Å²) in [5, 5.41) is 0. The monoisotopic (exact) mass is 227 g/mol. The van der Waals surface area contributed by atoms with E-state index in [1.54, 1.807) is 0 Å². The van der Waals surface area contributed by atoms with Crippen molar-refractivity contribution >= 4 is 5.97 Å². The first-order valence-electron chi connectivity index (χ1n) is 5.04. The van der Waals surface area contributed by atoms with Gasteiger partial charge in [-0.3, -0.25) is 4.98 Å². The Hall–Kier alpha value is -1.52. The highest BCUT2D eigenvalue weighted by Gasteiger charge is 2.56. The molecule has 86 valence electrons. The normalized spacial score (nSPS) is 21.5. The molecule has 1 aliphatic carbocycles. The number of hydrogen-bond donors (Lipinski definition) is 0. The second-order valence-electron chi connectivity index (χ2n) is 3.82. The summed E-state index contributed by atoms with van der Waals surface area (Å²) in [4.78, 5) is 15.1. The zero-order valence-electron chi connectivity index (χ0n) is 8.53. The molecule has 0 aromatic carbocycles. The Labute approximate surface area is 91.4 Å². The van der Waals surface area contributed by atoms with Crippen LogP contribution in [0.1, 0.15) is 23.2 Å². The van der Waals surface area contributed by atoms with Crippen molar-refractivity contribution in [1.29, 1.82) is 0 Å². The van der Waals surface area contributed by atoms with Crippen molar-refractivity contribution in [3.05, 3.63) is 30.1 Å². The molecule has 0 N–H and O–H groups in total. The molecule has 0 amide bonds. The van der Waals surface area contributed by atoms with Gasteiger partial charge in [0.05, 0.1) is 12.2 Å². The Kier molecular flexibility index (Phi) is 2.85. The number of hydrogen-bond acceptors (Lipinski definition) is 3. The second kappa shape index (κ2) is 4.15. The Morgan fingerprint density at radius 2 is 2.12 bits per heavy atom. The molecule has 1 saturated carbocycles. The summed E-state index contributed by atoms with van der Waals surface area (Å²) in [7, 11) is 0. The largest absolute Gasteiger partial charge is 0.462 e. The lowest BCUT2D eigenvalue weighted by Gasteiger charge is -2.03. The molecule has 1 atom stereocenters. The van der Waals surface area contributed by atoms with Gasteiger partial charge >= 0.3 is 5.97 Å². The fraction of sp³-hybridized carbons (Fsp3) is 0.455. The van der Waals surface area contributed by atoms with Crippen molar-refractivity contribution < 1.29 is 18.3 Å². The van der Waals surface area contributed by atoms with Crippen LogP contribution in [0, 0.1) is 5.92 Å². The van der Waals surface area contributed by atoms with E-state index in [1.165, 1.54) is 24.5 Å². The lowest BCUT2D eigenvalue weighted by Crippen LogP contribution is -2.08. The van der Waals surface area contributed by atoms with E-state index in [2.05, 4.69) is 4.98 Å². The van der Waals surface area contributed by atoms with E-state index in [1.807, 2.05) is 0 Å². The fourth-order valence-corrected chi connectivity index (χ4v) is 1.45. The number of nitrogens with zero attached hydrogens (tertiary/aromatic N) is 1. The number of esters is 1. The summed E-state index contributed by atoms with van der Waals surface area (Å²) in [6, 6.07) is 3.04. The van der Waals surface area contributed by atoms with Crippen LogP contribution in [-0.4, -0.2) is 23.5 Å². The molecule has 1 aromatic rings. The van der Waals surface area contributed by atoms with Crippen LogP contribution >= 0.6 is 0 Å². The molecule has 5 heteroatoms. The average molecular weight is 227 g/mol. The molecule has 1 unspecified atom stereocenters. The van der Waals surface area contributed by atoms with Gasteiger partial charge in [0.15, 0.2) is 0 Å². The van der Waals surface area contributed by atoms with Crippen LogP contribution in [0.25, 0.3) is 0 Å². The van der Waals surface area contributed by atoms with Crippen LogP contribution in [0.3, 0.4) is 0 Å². The number of carbonyl (C=O) groups is 1. The molecule has 1 aliphatic rings. The molecule has 16 heavy (non-hydrogen) atoms. The van der Waals surface area contributed by atoms with Crippen LogP contribution in [0.5, 0.6) is 0 Å². The van der Waals surface area contributed by atoms with Gasteiger partial charge in [-0.05, 0) is 18.6 Å². The number of halogens is 2. The predicted octanol–water partition coefficient (Wildman–Crippen LogP) is 2.28. The van der Waals surface area contributed by atoms with Gasteiger partial charge in [0.1, 0.15) is 0 Å². The Bertz CT molecular complexity index is 381. The standard InChI is InChI=1S/C11H11F2NO2/c12-11(13)7-9(11)3-6-16-10(15)8-1-4-14-5-2-8/h1-2,4-5,9H,3,6-7H2. The molecule has 1 fully saturated rings. The van der Waals surface area contributed by atoms with Gasteiger partial charge in [-0.25, -0.2) is 13.6 Å². The Morgan fingerprint density at radius 1 is 1.50 bits per heavy atom. The minimum Gasteiger partial charge on any atom is -0.462 e. The van der Waals surface area contributed by atoms with Crippen molar-refractivity contribution in [3.63, 3.8) is 0 Å². The van der Waals surface area contributed by atoms with E-state index in [0.717, 1.165) is 0 Å². The maximum absolute atomic E-state index is 12.5. The lowest BCUT2D eigenvalue weighted by molar-refractivity contribution is 0.0452. The number of aromatic nitrogens is 1. The van der Waals surface area contributed by atoms with Gasteiger partial charge in [-0.1, -0.05) is 0 Å². The molecular formula is C11H11F2NO2. The molecule has 0 aliphatic heterocycles. The average Bonchev–Trinajstić information content (AvgIpc) is 2.87. The van der Waals surface area contributed by atoms with Gasteiger partial charge in [0, 0.05) is 24.7 Å². The summed E-state index contributed by atoms with van der Waals surface area (Å²) in [6.45, 7) is 0.0431. The number of pyridine rings is 1. The van der Waals surface area contributed by atoms with E-state index >= 15 is 0 Å². The highest BCUT2D eigenvalue weighted by molar-refractivity contribution is 5.89. The smallest absolute Gasteiger partial charge is 0.338 e. The fourth-order valence-electron chi connectivity index (χ4n) is 1.45. The maximum Gasteiger partial charge on any atom is 0.338 e. The molecular weight excluding hydrogens is 216 g/mol. The van der Waals surface area contributed by atoms with Gasteiger partial charge in [-0.15, -0.1) is 0 Å². The van der Waals surface area contributed by atoms with Crippen LogP contribution in [-0.2, 0) is 4.74 Å². The van der Waals surface area contributed by atoms with Crippen molar-refractivity contribution in [2.75, 3.05) is 6.61 Å². The van der Waals surface area contributed by atoms with Crippen molar-refractivity contribution in [2.24, 2.45) is 5.92 Å². The first kappa shape index (κ1) is 11.0. The third kappa shape index (κ3) is 2.53. The topological polar surface area (TPSA) is 39.2 Å². The zero-order valence-corrected chi connectivity index (χ0v) is 8.53. The summed E-state index contributed by atoms with van der Waals surface area (Å²) in [5.74, 6) is -3.65. The van der Waals surface area contributed by atoms with Crippen LogP contribution in [0.2, 0.25) is 0 Å². The van der Waals surface area contributed by atoms with Gasteiger partial charge in [0.2, 0.25) is 0 Å². The van der Waals surface area contributed by atoms with Crippen molar-refractivity contribution in [3.8, 4) is 0 Å². The Balaban J connectivity index is 1.73. The number of rotatable bonds is 4. The molecule has 1 heterocycles. The SMILES string of the molecule is O=C(OCCC1CC1(F)F)c1ccncc1. The van der Waals surface area contributed by atoms with Gasteiger partial charge in [-0.2, -0.15) is 0 Å². The third-order valence-electron chi connectivity index (χ3n) is 2.57. The summed E-state index contributed by atoms with van der Waals surface area (Å²) in [6.07, 6.45) is 3.10. The molecule has 1 aromatic heterocycles. The molecule has 3 nitrogen and oxygen atoms in total. The predicted molar refractivity (Wildman–Crippen MR) is 52.2 cm³/mol. The minimum absolute atomic E-state index is 0.0431. The first-order chi connectivity index (χ1) is 7.59. The minimum atomic E-state index is -2.54. The number of carbonyl (C=O) groups excluding carboxylic acids is 1. The molecule has 2 rings (SSSR count). The lowest BCUT2D eigenvalue weighted by atomic mass is 10.3. The summed E-state index contributed by atoms with van der Waals surface area (Å²) in [5.41, 5.74) is 0.387. The molecule has 0 radical (unpaired) electrons.